The number of rotatable bonds is 3. The minimum atomic E-state index is -0.0332. The van der Waals surface area contributed by atoms with Crippen LogP contribution in [0, 0.1) is 6.92 Å². The summed E-state index contributed by atoms with van der Waals surface area (Å²) in [5, 5.41) is 4.00. The second-order valence-electron chi connectivity index (χ2n) is 4.47. The van der Waals surface area contributed by atoms with Gasteiger partial charge in [0.1, 0.15) is 0 Å². The number of H-pyrrole nitrogens is 1. The highest BCUT2D eigenvalue weighted by Gasteiger charge is 2.07. The highest BCUT2D eigenvalue weighted by Crippen LogP contribution is 2.16. The van der Waals surface area contributed by atoms with Crippen molar-refractivity contribution in [1.29, 1.82) is 0 Å². The fourth-order valence-electron chi connectivity index (χ4n) is 2.04. The van der Waals surface area contributed by atoms with E-state index < -0.39 is 0 Å². The van der Waals surface area contributed by atoms with Gasteiger partial charge in [0.2, 0.25) is 0 Å². The minimum Gasteiger partial charge on any atom is -0.361 e. The molecule has 3 rings (SSSR count). The predicted octanol–water partition coefficient (Wildman–Crippen LogP) is 3.47. The molecule has 0 aliphatic carbocycles. The van der Waals surface area contributed by atoms with Gasteiger partial charge in [0.05, 0.1) is 6.54 Å². The molecule has 0 bridgehead atoms. The number of aryl methyl sites for hydroxylation is 1. The Morgan fingerprint density at radius 1 is 1.26 bits per heavy atom. The summed E-state index contributed by atoms with van der Waals surface area (Å²) >= 11 is 1.71. The summed E-state index contributed by atoms with van der Waals surface area (Å²) in [6, 6.07) is 11.8. The summed E-state index contributed by atoms with van der Waals surface area (Å²) in [7, 11) is 0. The van der Waals surface area contributed by atoms with Gasteiger partial charge in [-0.15, -0.1) is 11.3 Å². The Morgan fingerprint density at radius 2 is 2.16 bits per heavy atom. The average Bonchev–Trinajstić information content (AvgIpc) is 3.03. The first kappa shape index (κ1) is 12.0. The van der Waals surface area contributed by atoms with Crippen molar-refractivity contribution >= 4 is 28.1 Å². The summed E-state index contributed by atoms with van der Waals surface area (Å²) < 4.78 is 0. The summed E-state index contributed by atoms with van der Waals surface area (Å²) in [6.07, 6.45) is 1.88. The molecule has 0 fully saturated rings. The van der Waals surface area contributed by atoms with E-state index in [4.69, 9.17) is 0 Å². The number of thiophene rings is 1. The highest BCUT2D eigenvalue weighted by atomic mass is 32.1. The molecule has 0 atom stereocenters. The molecule has 3 aromatic rings. The molecule has 19 heavy (non-hydrogen) atoms. The monoisotopic (exact) mass is 270 g/mol. The number of benzene rings is 1. The number of aromatic nitrogens is 1. The van der Waals surface area contributed by atoms with Gasteiger partial charge in [-0.25, -0.2) is 0 Å². The summed E-state index contributed by atoms with van der Waals surface area (Å²) in [4.78, 5) is 17.6. The van der Waals surface area contributed by atoms with E-state index in [0.29, 0.717) is 12.1 Å². The summed E-state index contributed by atoms with van der Waals surface area (Å²) in [5.41, 5.74) is 1.74. The number of aromatic amines is 1. The number of carbonyl (C=O) groups excluding carboxylic acids is 1. The van der Waals surface area contributed by atoms with E-state index in [2.05, 4.69) is 29.4 Å². The third-order valence-electron chi connectivity index (χ3n) is 3.03. The average molecular weight is 270 g/mol. The number of nitrogens with one attached hydrogen (secondary N) is 2. The van der Waals surface area contributed by atoms with Crippen LogP contribution in [0.5, 0.6) is 0 Å². The standard InChI is InChI=1S/C15H14N2OS/c1-10-2-4-13(19-10)9-17-15(18)12-3-5-14-11(8-12)6-7-16-14/h2-8,16H,9H2,1H3,(H,17,18). The van der Waals surface area contributed by atoms with Gasteiger partial charge < -0.3 is 10.3 Å². The van der Waals surface area contributed by atoms with Crippen molar-refractivity contribution in [3.05, 3.63) is 57.9 Å². The maximum Gasteiger partial charge on any atom is 0.251 e. The molecule has 3 nitrogen and oxygen atoms in total. The van der Waals surface area contributed by atoms with Crippen LogP contribution in [0.4, 0.5) is 0 Å². The zero-order valence-corrected chi connectivity index (χ0v) is 11.4. The quantitative estimate of drug-likeness (QED) is 0.752. The van der Waals surface area contributed by atoms with Crippen molar-refractivity contribution in [3.63, 3.8) is 0 Å². The molecule has 0 unspecified atom stereocenters. The number of carbonyl (C=O) groups is 1. The molecule has 2 aromatic heterocycles. The molecule has 0 spiro atoms. The Balaban J connectivity index is 1.72. The molecule has 4 heteroatoms. The van der Waals surface area contributed by atoms with Gasteiger partial charge in [-0.3, -0.25) is 4.79 Å². The third-order valence-corrected chi connectivity index (χ3v) is 4.04. The summed E-state index contributed by atoms with van der Waals surface area (Å²) in [5.74, 6) is -0.0332. The van der Waals surface area contributed by atoms with Gasteiger partial charge >= 0.3 is 0 Å². The van der Waals surface area contributed by atoms with Crippen LogP contribution in [-0.4, -0.2) is 10.9 Å². The van der Waals surface area contributed by atoms with Crippen LogP contribution < -0.4 is 5.32 Å². The van der Waals surface area contributed by atoms with Crippen molar-refractivity contribution in [1.82, 2.24) is 10.3 Å². The largest absolute Gasteiger partial charge is 0.361 e. The molecule has 96 valence electrons. The van der Waals surface area contributed by atoms with Crippen molar-refractivity contribution in [2.45, 2.75) is 13.5 Å². The lowest BCUT2D eigenvalue weighted by molar-refractivity contribution is 0.0951. The predicted molar refractivity (Wildman–Crippen MR) is 78.5 cm³/mol. The maximum atomic E-state index is 12.1. The lowest BCUT2D eigenvalue weighted by Crippen LogP contribution is -2.22. The fraction of sp³-hybridized carbons (Fsp3) is 0.133. The number of hydrogen-bond donors (Lipinski definition) is 2. The number of fused-ring (bicyclic) bond motifs is 1. The van der Waals surface area contributed by atoms with E-state index in [-0.39, 0.29) is 5.91 Å². The fourth-order valence-corrected chi connectivity index (χ4v) is 2.87. The van der Waals surface area contributed by atoms with Crippen molar-refractivity contribution in [2.24, 2.45) is 0 Å². The van der Waals surface area contributed by atoms with E-state index in [1.54, 1.807) is 11.3 Å². The highest BCUT2D eigenvalue weighted by molar-refractivity contribution is 7.11. The van der Waals surface area contributed by atoms with Crippen LogP contribution in [0.15, 0.2) is 42.6 Å². The van der Waals surface area contributed by atoms with Crippen molar-refractivity contribution in [2.75, 3.05) is 0 Å². The molecule has 0 radical (unpaired) electrons. The second-order valence-corrected chi connectivity index (χ2v) is 5.85. The Hall–Kier alpha value is -2.07. The first-order valence-corrected chi connectivity index (χ1v) is 6.95. The molecule has 0 saturated carbocycles. The molecule has 0 aliphatic heterocycles. The number of hydrogen-bond acceptors (Lipinski definition) is 2. The molecule has 0 saturated heterocycles. The van der Waals surface area contributed by atoms with E-state index in [9.17, 15) is 4.79 Å². The van der Waals surface area contributed by atoms with Crippen LogP contribution in [0.25, 0.3) is 10.9 Å². The molecule has 1 amide bonds. The zero-order valence-electron chi connectivity index (χ0n) is 10.6. The van der Waals surface area contributed by atoms with E-state index >= 15 is 0 Å². The van der Waals surface area contributed by atoms with Crippen LogP contribution >= 0.6 is 11.3 Å². The van der Waals surface area contributed by atoms with Gasteiger partial charge in [0.25, 0.3) is 5.91 Å². The molecule has 0 aliphatic rings. The molecular weight excluding hydrogens is 256 g/mol. The van der Waals surface area contributed by atoms with Crippen molar-refractivity contribution in [3.8, 4) is 0 Å². The minimum absolute atomic E-state index is 0.0332. The van der Waals surface area contributed by atoms with Gasteiger partial charge in [-0.05, 0) is 43.3 Å². The smallest absolute Gasteiger partial charge is 0.251 e. The lowest BCUT2D eigenvalue weighted by Gasteiger charge is -2.04. The van der Waals surface area contributed by atoms with Gasteiger partial charge in [0.15, 0.2) is 0 Å². The Morgan fingerprint density at radius 3 is 2.95 bits per heavy atom. The van der Waals surface area contributed by atoms with Crippen LogP contribution in [0.2, 0.25) is 0 Å². The third kappa shape index (κ3) is 2.53. The first-order chi connectivity index (χ1) is 9.22. The van der Waals surface area contributed by atoms with E-state index in [1.165, 1.54) is 9.75 Å². The van der Waals surface area contributed by atoms with Crippen LogP contribution in [0.3, 0.4) is 0 Å². The first-order valence-electron chi connectivity index (χ1n) is 6.13. The molecular formula is C15H14N2OS. The Labute approximate surface area is 115 Å². The van der Waals surface area contributed by atoms with Crippen LogP contribution in [0.1, 0.15) is 20.1 Å². The molecule has 2 heterocycles. The zero-order chi connectivity index (χ0) is 13.2. The molecule has 2 N–H and O–H groups in total. The molecule has 1 aromatic carbocycles. The van der Waals surface area contributed by atoms with Gasteiger partial charge in [-0.2, -0.15) is 0 Å². The van der Waals surface area contributed by atoms with Crippen molar-refractivity contribution < 1.29 is 4.79 Å². The SMILES string of the molecule is Cc1ccc(CNC(=O)c2ccc3[nH]ccc3c2)s1. The second kappa shape index (κ2) is 4.90. The number of amides is 1. The van der Waals surface area contributed by atoms with Crippen LogP contribution in [-0.2, 0) is 6.54 Å². The normalized spacial score (nSPS) is 10.8. The lowest BCUT2D eigenvalue weighted by atomic mass is 10.1. The Bertz CT molecular complexity index is 726. The van der Waals surface area contributed by atoms with Gasteiger partial charge in [-0.1, -0.05) is 0 Å². The van der Waals surface area contributed by atoms with E-state index in [1.807, 2.05) is 30.5 Å². The van der Waals surface area contributed by atoms with Gasteiger partial charge in [0, 0.05) is 32.4 Å². The summed E-state index contributed by atoms with van der Waals surface area (Å²) in [6.45, 7) is 2.65. The Kier molecular flexibility index (Phi) is 3.09. The van der Waals surface area contributed by atoms with E-state index in [0.717, 1.165) is 10.9 Å². The maximum absolute atomic E-state index is 12.1. The topological polar surface area (TPSA) is 44.9 Å².